The van der Waals surface area contributed by atoms with E-state index < -0.39 is 0 Å². The van der Waals surface area contributed by atoms with Gasteiger partial charge in [0.1, 0.15) is 5.82 Å². The molecule has 5 rings (SSSR count). The molecule has 0 bridgehead atoms. The summed E-state index contributed by atoms with van der Waals surface area (Å²) < 4.78 is 1.74. The van der Waals surface area contributed by atoms with E-state index in [-0.39, 0.29) is 5.69 Å². The predicted octanol–water partition coefficient (Wildman–Crippen LogP) is 2.81. The van der Waals surface area contributed by atoms with Crippen molar-refractivity contribution in [2.24, 2.45) is 0 Å². The number of rotatable bonds is 3. The Morgan fingerprint density at radius 3 is 2.16 bits per heavy atom. The Kier molecular flexibility index (Phi) is 3.26. The zero-order chi connectivity index (χ0) is 16.8. The Balaban J connectivity index is 1.79. The maximum absolute atomic E-state index is 12.9. The van der Waals surface area contributed by atoms with E-state index >= 15 is 0 Å². The van der Waals surface area contributed by atoms with E-state index in [1.165, 1.54) is 12.1 Å². The average molecular weight is 332 g/mol. The topological polar surface area (TPSA) is 41.4 Å². The summed E-state index contributed by atoms with van der Waals surface area (Å²) in [5, 5.41) is 1.05. The van der Waals surface area contributed by atoms with E-state index in [1.807, 2.05) is 30.3 Å². The summed E-state index contributed by atoms with van der Waals surface area (Å²) in [7, 11) is 0. The molecular formula is C20H20N4O. The molecular weight excluding hydrogens is 312 g/mol. The van der Waals surface area contributed by atoms with Crippen LogP contribution in [0.2, 0.25) is 0 Å². The Hall–Kier alpha value is -2.82. The maximum Gasteiger partial charge on any atom is 0.354 e. The normalized spacial score (nSPS) is 16.6. The van der Waals surface area contributed by atoms with Crippen LogP contribution in [0.5, 0.6) is 0 Å². The Morgan fingerprint density at radius 2 is 1.52 bits per heavy atom. The number of para-hydroxylation sites is 1. The van der Waals surface area contributed by atoms with Crippen LogP contribution in [0.4, 0.5) is 11.5 Å². The smallest absolute Gasteiger partial charge is 0.354 e. The van der Waals surface area contributed by atoms with Crippen molar-refractivity contribution in [1.82, 2.24) is 9.55 Å². The molecule has 2 aliphatic heterocycles. The van der Waals surface area contributed by atoms with Crippen LogP contribution in [0.3, 0.4) is 0 Å². The van der Waals surface area contributed by atoms with Gasteiger partial charge in [0.05, 0.1) is 11.2 Å². The van der Waals surface area contributed by atoms with Gasteiger partial charge >= 0.3 is 5.69 Å². The molecule has 5 nitrogen and oxygen atoms in total. The first-order valence-electron chi connectivity index (χ1n) is 8.93. The monoisotopic (exact) mass is 332 g/mol. The zero-order valence-electron chi connectivity index (χ0n) is 14.1. The fourth-order valence-corrected chi connectivity index (χ4v) is 3.56. The van der Waals surface area contributed by atoms with E-state index in [1.54, 1.807) is 4.57 Å². The zero-order valence-corrected chi connectivity index (χ0v) is 14.1. The van der Waals surface area contributed by atoms with Crippen LogP contribution in [0.25, 0.3) is 16.6 Å². The highest BCUT2D eigenvalue weighted by Crippen LogP contribution is 2.31. The molecule has 3 aromatic rings. The lowest BCUT2D eigenvalue weighted by atomic mass is 10.1. The second-order valence-corrected chi connectivity index (χ2v) is 6.77. The average Bonchev–Trinajstić information content (AvgIpc) is 2.52. The summed E-state index contributed by atoms with van der Waals surface area (Å²) in [5.74, 6) is 0.827. The molecule has 0 amide bonds. The van der Waals surface area contributed by atoms with Gasteiger partial charge in [-0.05, 0) is 43.2 Å². The van der Waals surface area contributed by atoms with Crippen LogP contribution in [0.1, 0.15) is 12.8 Å². The summed E-state index contributed by atoms with van der Waals surface area (Å²) in [4.78, 5) is 21.9. The minimum atomic E-state index is -0.207. The summed E-state index contributed by atoms with van der Waals surface area (Å²) in [6.45, 7) is 4.13. The second-order valence-electron chi connectivity index (χ2n) is 6.77. The lowest BCUT2D eigenvalue weighted by Gasteiger charge is -2.35. The SMILES string of the molecule is O=c1nc(N2CCC2)c2ccc(N3CCC3)cc2n1-c1ccccc1. The molecule has 2 fully saturated rings. The van der Waals surface area contributed by atoms with Gasteiger partial charge in [0.25, 0.3) is 0 Å². The third kappa shape index (κ3) is 2.30. The third-order valence-corrected chi connectivity index (χ3v) is 5.25. The highest BCUT2D eigenvalue weighted by molar-refractivity contribution is 5.93. The number of anilines is 2. The molecule has 0 saturated carbocycles. The van der Waals surface area contributed by atoms with Crippen molar-refractivity contribution in [1.29, 1.82) is 0 Å². The lowest BCUT2D eigenvalue weighted by Crippen LogP contribution is -2.40. The number of fused-ring (bicyclic) bond motifs is 1. The number of nitrogens with zero attached hydrogens (tertiary/aromatic N) is 4. The Labute approximate surface area is 146 Å². The quantitative estimate of drug-likeness (QED) is 0.740. The summed E-state index contributed by atoms with van der Waals surface area (Å²) in [6, 6.07) is 16.2. The first-order valence-corrected chi connectivity index (χ1v) is 8.93. The standard InChI is InChI=1S/C20H20N4O/c25-20-21-19(23-12-5-13-23)17-9-8-16(22-10-4-11-22)14-18(17)24(20)15-6-2-1-3-7-15/h1-3,6-9,14H,4-5,10-13H2. The van der Waals surface area contributed by atoms with Crippen molar-refractivity contribution < 1.29 is 0 Å². The molecule has 0 unspecified atom stereocenters. The molecule has 126 valence electrons. The molecule has 0 aliphatic carbocycles. The van der Waals surface area contributed by atoms with Gasteiger partial charge in [0, 0.05) is 37.3 Å². The van der Waals surface area contributed by atoms with Crippen LogP contribution in [0, 0.1) is 0 Å². The molecule has 5 heteroatoms. The van der Waals surface area contributed by atoms with Gasteiger partial charge in [-0.15, -0.1) is 0 Å². The molecule has 3 heterocycles. The molecule has 0 radical (unpaired) electrons. The van der Waals surface area contributed by atoms with Crippen molar-refractivity contribution in [3.05, 3.63) is 59.0 Å². The van der Waals surface area contributed by atoms with Crippen molar-refractivity contribution in [2.45, 2.75) is 12.8 Å². The molecule has 2 aromatic carbocycles. The molecule has 2 saturated heterocycles. The van der Waals surface area contributed by atoms with Gasteiger partial charge in [-0.1, -0.05) is 18.2 Å². The fraction of sp³-hybridized carbons (Fsp3) is 0.300. The number of hydrogen-bond donors (Lipinski definition) is 0. The van der Waals surface area contributed by atoms with E-state index in [2.05, 4.69) is 33.0 Å². The minimum absolute atomic E-state index is 0.207. The van der Waals surface area contributed by atoms with Gasteiger partial charge in [0.15, 0.2) is 0 Å². The number of hydrogen-bond acceptors (Lipinski definition) is 4. The minimum Gasteiger partial charge on any atom is -0.371 e. The van der Waals surface area contributed by atoms with Crippen LogP contribution in [-0.2, 0) is 0 Å². The van der Waals surface area contributed by atoms with Gasteiger partial charge in [-0.2, -0.15) is 4.98 Å². The molecule has 25 heavy (non-hydrogen) atoms. The van der Waals surface area contributed by atoms with Gasteiger partial charge in [0.2, 0.25) is 0 Å². The summed E-state index contributed by atoms with van der Waals surface area (Å²) >= 11 is 0. The third-order valence-electron chi connectivity index (χ3n) is 5.25. The van der Waals surface area contributed by atoms with Gasteiger partial charge in [-0.25, -0.2) is 4.79 Å². The van der Waals surface area contributed by atoms with Crippen LogP contribution < -0.4 is 15.5 Å². The number of benzene rings is 2. The van der Waals surface area contributed by atoms with E-state index in [9.17, 15) is 4.79 Å². The van der Waals surface area contributed by atoms with E-state index in [4.69, 9.17) is 0 Å². The van der Waals surface area contributed by atoms with Crippen LogP contribution in [0.15, 0.2) is 53.3 Å². The molecule has 1 aromatic heterocycles. The molecule has 0 spiro atoms. The maximum atomic E-state index is 12.9. The molecule has 2 aliphatic rings. The van der Waals surface area contributed by atoms with Crippen molar-refractivity contribution in [2.75, 3.05) is 36.0 Å². The van der Waals surface area contributed by atoms with Crippen molar-refractivity contribution in [3.63, 3.8) is 0 Å². The lowest BCUT2D eigenvalue weighted by molar-refractivity contribution is 0.609. The Bertz CT molecular complexity index is 988. The van der Waals surface area contributed by atoms with Crippen molar-refractivity contribution >= 4 is 22.4 Å². The second kappa shape index (κ2) is 5.62. The van der Waals surface area contributed by atoms with Crippen molar-refractivity contribution in [3.8, 4) is 5.69 Å². The van der Waals surface area contributed by atoms with Gasteiger partial charge in [-0.3, -0.25) is 4.57 Å². The predicted molar refractivity (Wildman–Crippen MR) is 101 cm³/mol. The first kappa shape index (κ1) is 14.5. The van der Waals surface area contributed by atoms with Gasteiger partial charge < -0.3 is 9.80 Å². The summed E-state index contributed by atoms with van der Waals surface area (Å²) in [6.07, 6.45) is 2.40. The summed E-state index contributed by atoms with van der Waals surface area (Å²) in [5.41, 5.74) is 2.78. The van der Waals surface area contributed by atoms with E-state index in [0.717, 1.165) is 55.0 Å². The molecule has 0 N–H and O–H groups in total. The number of aromatic nitrogens is 2. The van der Waals surface area contributed by atoms with Crippen LogP contribution >= 0.6 is 0 Å². The van der Waals surface area contributed by atoms with E-state index in [0.29, 0.717) is 0 Å². The van der Waals surface area contributed by atoms with Crippen LogP contribution in [-0.4, -0.2) is 35.7 Å². The fourth-order valence-electron chi connectivity index (χ4n) is 3.56. The highest BCUT2D eigenvalue weighted by Gasteiger charge is 2.22. The Morgan fingerprint density at radius 1 is 0.800 bits per heavy atom. The largest absolute Gasteiger partial charge is 0.371 e. The molecule has 0 atom stereocenters. The first-order chi connectivity index (χ1) is 12.3. The highest BCUT2D eigenvalue weighted by atomic mass is 16.1.